The van der Waals surface area contributed by atoms with Crippen LogP contribution in [0.2, 0.25) is 0 Å². The summed E-state index contributed by atoms with van der Waals surface area (Å²) >= 11 is 0. The number of aromatic nitrogens is 2. The van der Waals surface area contributed by atoms with E-state index in [2.05, 4.69) is 21.4 Å². The van der Waals surface area contributed by atoms with E-state index in [-0.39, 0.29) is 5.91 Å². The van der Waals surface area contributed by atoms with Gasteiger partial charge in [0.15, 0.2) is 0 Å². The molecule has 0 aliphatic rings. The van der Waals surface area contributed by atoms with Gasteiger partial charge < -0.3 is 5.32 Å². The Kier molecular flexibility index (Phi) is 2.92. The maximum Gasteiger partial charge on any atom is 0.270 e. The molecule has 1 unspecified atom stereocenters. The highest BCUT2D eigenvalue weighted by molar-refractivity contribution is 5.92. The van der Waals surface area contributed by atoms with Gasteiger partial charge in [0.25, 0.3) is 5.91 Å². The van der Waals surface area contributed by atoms with Gasteiger partial charge in [-0.25, -0.2) is 0 Å². The molecule has 1 amide bonds. The summed E-state index contributed by atoms with van der Waals surface area (Å²) in [6.45, 7) is 3.73. The molecule has 0 spiro atoms. The van der Waals surface area contributed by atoms with Crippen molar-refractivity contribution >= 4 is 5.91 Å². The lowest BCUT2D eigenvalue weighted by molar-refractivity contribution is 0.0918. The van der Waals surface area contributed by atoms with Crippen molar-refractivity contribution in [1.29, 1.82) is 0 Å². The lowest BCUT2D eigenvalue weighted by Gasteiger charge is -2.22. The first-order valence-electron chi connectivity index (χ1n) is 4.41. The van der Waals surface area contributed by atoms with Crippen molar-refractivity contribution in [3.63, 3.8) is 0 Å². The number of hydrogen-bond acceptors (Lipinski definition) is 2. The van der Waals surface area contributed by atoms with Gasteiger partial charge >= 0.3 is 0 Å². The van der Waals surface area contributed by atoms with E-state index in [1.54, 1.807) is 13.0 Å². The molecule has 0 bridgehead atoms. The molecule has 1 heterocycles. The Morgan fingerprint density at radius 1 is 1.86 bits per heavy atom. The van der Waals surface area contributed by atoms with E-state index < -0.39 is 5.54 Å². The minimum atomic E-state index is -0.595. The Morgan fingerprint density at radius 3 is 3.00 bits per heavy atom. The molecule has 2 N–H and O–H groups in total. The highest BCUT2D eigenvalue weighted by Crippen LogP contribution is 2.08. The monoisotopic (exact) mass is 191 g/mol. The van der Waals surface area contributed by atoms with Crippen molar-refractivity contribution < 1.29 is 4.79 Å². The summed E-state index contributed by atoms with van der Waals surface area (Å²) < 4.78 is 0. The second-order valence-electron chi connectivity index (χ2n) is 3.25. The van der Waals surface area contributed by atoms with Crippen molar-refractivity contribution in [2.24, 2.45) is 0 Å². The first-order chi connectivity index (χ1) is 6.61. The van der Waals surface area contributed by atoms with Gasteiger partial charge in [-0.2, -0.15) is 5.10 Å². The Labute approximate surface area is 83.1 Å². The van der Waals surface area contributed by atoms with E-state index >= 15 is 0 Å². The molecule has 0 fully saturated rings. The van der Waals surface area contributed by atoms with Crippen LogP contribution in [0.4, 0.5) is 0 Å². The first-order valence-corrected chi connectivity index (χ1v) is 4.41. The minimum Gasteiger partial charge on any atom is -0.335 e. The van der Waals surface area contributed by atoms with E-state index in [1.165, 1.54) is 6.20 Å². The average molecular weight is 191 g/mol. The molecule has 0 aromatic carbocycles. The van der Waals surface area contributed by atoms with Crippen LogP contribution >= 0.6 is 0 Å². The third-order valence-electron chi connectivity index (χ3n) is 2.16. The SMILES string of the molecule is C#CC(C)(CC)NC(=O)c1ccn[nH]1. The number of carbonyl (C=O) groups is 1. The molecule has 0 aliphatic heterocycles. The third-order valence-corrected chi connectivity index (χ3v) is 2.16. The lowest BCUT2D eigenvalue weighted by atomic mass is 10.0. The predicted molar refractivity (Wildman–Crippen MR) is 53.6 cm³/mol. The Hall–Kier alpha value is -1.76. The zero-order valence-electron chi connectivity index (χ0n) is 8.29. The van der Waals surface area contributed by atoms with Crippen LogP contribution in [0.3, 0.4) is 0 Å². The van der Waals surface area contributed by atoms with Crippen molar-refractivity contribution in [1.82, 2.24) is 15.5 Å². The second-order valence-corrected chi connectivity index (χ2v) is 3.25. The van der Waals surface area contributed by atoms with Crippen molar-refractivity contribution in [2.75, 3.05) is 0 Å². The first kappa shape index (κ1) is 10.3. The smallest absolute Gasteiger partial charge is 0.270 e. The van der Waals surface area contributed by atoms with Gasteiger partial charge in [0.1, 0.15) is 5.69 Å². The van der Waals surface area contributed by atoms with Gasteiger partial charge in [-0.1, -0.05) is 12.8 Å². The molecule has 4 heteroatoms. The quantitative estimate of drug-likeness (QED) is 0.698. The van der Waals surface area contributed by atoms with Gasteiger partial charge in [-0.3, -0.25) is 9.89 Å². The molecule has 14 heavy (non-hydrogen) atoms. The van der Waals surface area contributed by atoms with Crippen molar-refractivity contribution in [2.45, 2.75) is 25.8 Å². The minimum absolute atomic E-state index is 0.232. The third kappa shape index (κ3) is 2.13. The Balaban J connectivity index is 2.71. The van der Waals surface area contributed by atoms with Crippen LogP contribution in [0.5, 0.6) is 0 Å². The summed E-state index contributed by atoms with van der Waals surface area (Å²) in [7, 11) is 0. The topological polar surface area (TPSA) is 57.8 Å². The number of H-pyrrole nitrogens is 1. The van der Waals surface area contributed by atoms with Gasteiger partial charge in [-0.15, -0.1) is 6.42 Å². The fourth-order valence-electron chi connectivity index (χ4n) is 0.927. The normalized spacial score (nSPS) is 14.1. The number of aromatic amines is 1. The average Bonchev–Trinajstić information content (AvgIpc) is 2.70. The van der Waals surface area contributed by atoms with E-state index in [9.17, 15) is 4.79 Å². The highest BCUT2D eigenvalue weighted by Gasteiger charge is 2.22. The van der Waals surface area contributed by atoms with Crippen molar-refractivity contribution in [3.8, 4) is 12.3 Å². The molecule has 74 valence electrons. The second kappa shape index (κ2) is 3.97. The van der Waals surface area contributed by atoms with Gasteiger partial charge in [0.2, 0.25) is 0 Å². The molecular formula is C10H13N3O. The highest BCUT2D eigenvalue weighted by atomic mass is 16.2. The molecule has 0 radical (unpaired) electrons. The van der Waals surface area contributed by atoms with Crippen LogP contribution < -0.4 is 5.32 Å². The molecule has 1 atom stereocenters. The van der Waals surface area contributed by atoms with Crippen LogP contribution in [-0.2, 0) is 0 Å². The van der Waals surface area contributed by atoms with Crippen LogP contribution in [-0.4, -0.2) is 21.6 Å². The number of terminal acetylenes is 1. The van der Waals surface area contributed by atoms with Gasteiger partial charge in [0, 0.05) is 6.20 Å². The number of rotatable bonds is 3. The summed E-state index contributed by atoms with van der Waals surface area (Å²) in [5.74, 6) is 2.32. The van der Waals surface area contributed by atoms with Gasteiger partial charge in [-0.05, 0) is 19.4 Å². The van der Waals surface area contributed by atoms with Crippen LogP contribution in [0.15, 0.2) is 12.3 Å². The molecule has 0 saturated heterocycles. The molecule has 1 aromatic rings. The molecule has 1 aromatic heterocycles. The summed E-state index contributed by atoms with van der Waals surface area (Å²) in [5, 5.41) is 9.01. The maximum absolute atomic E-state index is 11.6. The van der Waals surface area contributed by atoms with Crippen LogP contribution in [0, 0.1) is 12.3 Å². The van der Waals surface area contributed by atoms with Crippen LogP contribution in [0.25, 0.3) is 0 Å². The number of hydrogen-bond donors (Lipinski definition) is 2. The largest absolute Gasteiger partial charge is 0.335 e. The molecule has 1 rings (SSSR count). The zero-order chi connectivity index (χ0) is 10.6. The fraction of sp³-hybridized carbons (Fsp3) is 0.400. The van der Waals surface area contributed by atoms with Crippen LogP contribution in [0.1, 0.15) is 30.8 Å². The predicted octanol–water partition coefficient (Wildman–Crippen LogP) is 0.941. The maximum atomic E-state index is 11.6. The summed E-state index contributed by atoms with van der Waals surface area (Å²) in [6, 6.07) is 1.60. The van der Waals surface area contributed by atoms with Gasteiger partial charge in [0.05, 0.1) is 5.54 Å². The zero-order valence-corrected chi connectivity index (χ0v) is 8.29. The summed E-state index contributed by atoms with van der Waals surface area (Å²) in [4.78, 5) is 11.6. The van der Waals surface area contributed by atoms with Crippen molar-refractivity contribution in [3.05, 3.63) is 18.0 Å². The van der Waals surface area contributed by atoms with E-state index in [4.69, 9.17) is 6.42 Å². The summed E-state index contributed by atoms with van der Waals surface area (Å²) in [6.07, 6.45) is 7.53. The van der Waals surface area contributed by atoms with E-state index in [1.807, 2.05) is 6.92 Å². The number of nitrogens with zero attached hydrogens (tertiary/aromatic N) is 1. The molecular weight excluding hydrogens is 178 g/mol. The number of carbonyl (C=O) groups excluding carboxylic acids is 1. The number of amides is 1. The Morgan fingerprint density at radius 2 is 2.57 bits per heavy atom. The molecule has 0 saturated carbocycles. The molecule has 4 nitrogen and oxygen atoms in total. The fourth-order valence-corrected chi connectivity index (χ4v) is 0.927. The van der Waals surface area contributed by atoms with E-state index in [0.29, 0.717) is 12.1 Å². The summed E-state index contributed by atoms with van der Waals surface area (Å²) in [5.41, 5.74) is -0.178. The number of nitrogens with one attached hydrogen (secondary N) is 2. The molecule has 0 aliphatic carbocycles. The lowest BCUT2D eigenvalue weighted by Crippen LogP contribution is -2.44. The Bertz CT molecular complexity index is 350. The standard InChI is InChI=1S/C10H13N3O/c1-4-10(3,5-2)12-9(14)8-6-7-11-13-8/h1,6-7H,5H2,2-3H3,(H,11,13)(H,12,14). The van der Waals surface area contributed by atoms with E-state index in [0.717, 1.165) is 0 Å².